The lowest BCUT2D eigenvalue weighted by atomic mass is 10.0. The summed E-state index contributed by atoms with van der Waals surface area (Å²) in [6.07, 6.45) is 3.60. The summed E-state index contributed by atoms with van der Waals surface area (Å²) in [6.45, 7) is 6.02. The van der Waals surface area contributed by atoms with Crippen LogP contribution >= 0.6 is 0 Å². The standard InChI is InChI=1S/C16H22N4O/c1-16(2)9-13-8-12(4-5-14(13)21-16)10-17-7-6-15-19-18-11-20(15)3/h4-5,8,11,17H,6-7,9-10H2,1-3H3. The lowest BCUT2D eigenvalue weighted by Crippen LogP contribution is -2.24. The third-order valence-electron chi connectivity index (χ3n) is 3.79. The van der Waals surface area contributed by atoms with Crippen LogP contribution in [0.4, 0.5) is 0 Å². The number of hydrogen-bond acceptors (Lipinski definition) is 4. The van der Waals surface area contributed by atoms with Gasteiger partial charge in [-0.3, -0.25) is 0 Å². The third kappa shape index (κ3) is 3.24. The van der Waals surface area contributed by atoms with E-state index in [2.05, 4.69) is 47.6 Å². The molecule has 0 bridgehead atoms. The van der Waals surface area contributed by atoms with Crippen molar-refractivity contribution in [1.82, 2.24) is 20.1 Å². The summed E-state index contributed by atoms with van der Waals surface area (Å²) >= 11 is 0. The van der Waals surface area contributed by atoms with Gasteiger partial charge in [-0.05, 0) is 31.0 Å². The Balaban J connectivity index is 1.52. The molecular formula is C16H22N4O. The van der Waals surface area contributed by atoms with E-state index in [0.717, 1.165) is 37.5 Å². The number of ether oxygens (including phenoxy) is 1. The number of rotatable bonds is 5. The van der Waals surface area contributed by atoms with Crippen molar-refractivity contribution in [3.05, 3.63) is 41.5 Å². The van der Waals surface area contributed by atoms with Crippen LogP contribution in [0.25, 0.3) is 0 Å². The number of aryl methyl sites for hydroxylation is 1. The molecule has 1 N–H and O–H groups in total. The SMILES string of the molecule is Cn1cnnc1CCNCc1ccc2c(c1)CC(C)(C)O2. The van der Waals surface area contributed by atoms with E-state index in [1.165, 1.54) is 11.1 Å². The van der Waals surface area contributed by atoms with Crippen LogP contribution in [0.5, 0.6) is 5.75 Å². The Morgan fingerprint density at radius 1 is 1.38 bits per heavy atom. The van der Waals surface area contributed by atoms with Crippen molar-refractivity contribution in [2.45, 2.75) is 38.8 Å². The van der Waals surface area contributed by atoms with Gasteiger partial charge < -0.3 is 14.6 Å². The molecule has 1 aromatic heterocycles. The topological polar surface area (TPSA) is 52.0 Å². The van der Waals surface area contributed by atoms with Crippen molar-refractivity contribution in [2.24, 2.45) is 7.05 Å². The van der Waals surface area contributed by atoms with Crippen molar-refractivity contribution in [3.8, 4) is 5.75 Å². The van der Waals surface area contributed by atoms with Crippen LogP contribution in [0.3, 0.4) is 0 Å². The van der Waals surface area contributed by atoms with Gasteiger partial charge in [-0.1, -0.05) is 12.1 Å². The molecule has 0 fully saturated rings. The Hall–Kier alpha value is -1.88. The number of hydrogen-bond donors (Lipinski definition) is 1. The second-order valence-corrected chi connectivity index (χ2v) is 6.27. The van der Waals surface area contributed by atoms with E-state index < -0.39 is 0 Å². The van der Waals surface area contributed by atoms with Gasteiger partial charge in [0, 0.05) is 33.0 Å². The maximum atomic E-state index is 5.90. The Labute approximate surface area is 125 Å². The lowest BCUT2D eigenvalue weighted by Gasteiger charge is -2.16. The summed E-state index contributed by atoms with van der Waals surface area (Å²) in [5.74, 6) is 2.04. The zero-order valence-corrected chi connectivity index (χ0v) is 12.9. The molecule has 0 aliphatic carbocycles. The van der Waals surface area contributed by atoms with Crippen LogP contribution < -0.4 is 10.1 Å². The monoisotopic (exact) mass is 286 g/mol. The molecule has 0 amide bonds. The van der Waals surface area contributed by atoms with E-state index >= 15 is 0 Å². The van der Waals surface area contributed by atoms with Gasteiger partial charge in [0.1, 0.15) is 23.5 Å². The van der Waals surface area contributed by atoms with Gasteiger partial charge in [-0.25, -0.2) is 0 Å². The van der Waals surface area contributed by atoms with Gasteiger partial charge in [-0.2, -0.15) is 0 Å². The molecule has 2 aromatic rings. The third-order valence-corrected chi connectivity index (χ3v) is 3.79. The first-order valence-corrected chi connectivity index (χ1v) is 7.38. The molecule has 0 radical (unpaired) electrons. The van der Waals surface area contributed by atoms with Crippen LogP contribution in [0.15, 0.2) is 24.5 Å². The molecule has 0 saturated carbocycles. The Morgan fingerprint density at radius 2 is 2.24 bits per heavy atom. The minimum atomic E-state index is -0.0699. The van der Waals surface area contributed by atoms with E-state index in [-0.39, 0.29) is 5.60 Å². The Bertz CT molecular complexity index is 633. The smallest absolute Gasteiger partial charge is 0.133 e. The summed E-state index contributed by atoms with van der Waals surface area (Å²) in [6, 6.07) is 6.47. The fourth-order valence-electron chi connectivity index (χ4n) is 2.74. The molecule has 21 heavy (non-hydrogen) atoms. The predicted molar refractivity (Wildman–Crippen MR) is 81.3 cm³/mol. The number of nitrogens with zero attached hydrogens (tertiary/aromatic N) is 3. The summed E-state index contributed by atoms with van der Waals surface area (Å²) < 4.78 is 7.85. The highest BCUT2D eigenvalue weighted by Gasteiger charge is 2.29. The molecule has 0 unspecified atom stereocenters. The second kappa shape index (κ2) is 5.48. The number of benzene rings is 1. The lowest BCUT2D eigenvalue weighted by molar-refractivity contribution is 0.138. The largest absolute Gasteiger partial charge is 0.487 e. The minimum Gasteiger partial charge on any atom is -0.487 e. The molecule has 1 aromatic carbocycles. The zero-order chi connectivity index (χ0) is 14.9. The van der Waals surface area contributed by atoms with Crippen molar-refractivity contribution in [1.29, 1.82) is 0 Å². The molecule has 3 rings (SSSR count). The molecular weight excluding hydrogens is 264 g/mol. The first-order valence-electron chi connectivity index (χ1n) is 7.38. The minimum absolute atomic E-state index is 0.0699. The zero-order valence-electron chi connectivity index (χ0n) is 12.9. The highest BCUT2D eigenvalue weighted by molar-refractivity contribution is 5.41. The van der Waals surface area contributed by atoms with E-state index in [1.807, 2.05) is 11.6 Å². The first kappa shape index (κ1) is 14.1. The second-order valence-electron chi connectivity index (χ2n) is 6.27. The Kier molecular flexibility index (Phi) is 3.68. The fourth-order valence-corrected chi connectivity index (χ4v) is 2.74. The molecule has 2 heterocycles. The predicted octanol–water partition coefficient (Wildman–Crippen LogP) is 1.86. The molecule has 1 aliphatic heterocycles. The highest BCUT2D eigenvalue weighted by Crippen LogP contribution is 2.35. The van der Waals surface area contributed by atoms with Crippen LogP contribution in [-0.2, 0) is 26.4 Å². The number of nitrogens with one attached hydrogen (secondary N) is 1. The van der Waals surface area contributed by atoms with Gasteiger partial charge in [-0.15, -0.1) is 10.2 Å². The molecule has 5 heteroatoms. The van der Waals surface area contributed by atoms with Crippen molar-refractivity contribution in [2.75, 3.05) is 6.54 Å². The van der Waals surface area contributed by atoms with Crippen LogP contribution in [0, 0.1) is 0 Å². The summed E-state index contributed by atoms with van der Waals surface area (Å²) in [4.78, 5) is 0. The maximum Gasteiger partial charge on any atom is 0.133 e. The maximum absolute atomic E-state index is 5.90. The quantitative estimate of drug-likeness (QED) is 0.853. The van der Waals surface area contributed by atoms with Crippen molar-refractivity contribution >= 4 is 0 Å². The molecule has 1 aliphatic rings. The van der Waals surface area contributed by atoms with E-state index in [4.69, 9.17) is 4.74 Å². The van der Waals surface area contributed by atoms with E-state index in [0.29, 0.717) is 0 Å². The molecule has 0 spiro atoms. The summed E-state index contributed by atoms with van der Waals surface area (Å²) in [7, 11) is 1.97. The molecule has 0 atom stereocenters. The van der Waals surface area contributed by atoms with E-state index in [9.17, 15) is 0 Å². The van der Waals surface area contributed by atoms with Crippen LogP contribution in [0.2, 0.25) is 0 Å². The summed E-state index contributed by atoms with van der Waals surface area (Å²) in [5, 5.41) is 11.4. The van der Waals surface area contributed by atoms with Crippen LogP contribution in [0.1, 0.15) is 30.8 Å². The molecule has 5 nitrogen and oxygen atoms in total. The first-order chi connectivity index (χ1) is 10.0. The van der Waals surface area contributed by atoms with Crippen molar-refractivity contribution in [3.63, 3.8) is 0 Å². The van der Waals surface area contributed by atoms with Gasteiger partial charge in [0.25, 0.3) is 0 Å². The molecule has 0 saturated heterocycles. The van der Waals surface area contributed by atoms with Gasteiger partial charge in [0.05, 0.1) is 0 Å². The number of fused-ring (bicyclic) bond motifs is 1. The van der Waals surface area contributed by atoms with Crippen molar-refractivity contribution < 1.29 is 4.74 Å². The van der Waals surface area contributed by atoms with Gasteiger partial charge in [0.2, 0.25) is 0 Å². The Morgan fingerprint density at radius 3 is 3.00 bits per heavy atom. The average molecular weight is 286 g/mol. The van der Waals surface area contributed by atoms with Crippen LogP contribution in [-0.4, -0.2) is 26.9 Å². The van der Waals surface area contributed by atoms with E-state index in [1.54, 1.807) is 6.33 Å². The highest BCUT2D eigenvalue weighted by atomic mass is 16.5. The van der Waals surface area contributed by atoms with Gasteiger partial charge in [0.15, 0.2) is 0 Å². The molecule has 112 valence electrons. The average Bonchev–Trinajstić information content (AvgIpc) is 2.95. The van der Waals surface area contributed by atoms with Gasteiger partial charge >= 0.3 is 0 Å². The summed E-state index contributed by atoms with van der Waals surface area (Å²) in [5.41, 5.74) is 2.54. The normalized spacial score (nSPS) is 15.8. The number of aromatic nitrogens is 3. The fraction of sp³-hybridized carbons (Fsp3) is 0.500.